The van der Waals surface area contributed by atoms with Crippen LogP contribution in [0.3, 0.4) is 0 Å². The van der Waals surface area contributed by atoms with Gasteiger partial charge in [0.15, 0.2) is 5.78 Å². The molecule has 1 aromatic rings. The fourth-order valence-electron chi connectivity index (χ4n) is 2.93. The first-order valence-corrected chi connectivity index (χ1v) is 6.40. The summed E-state index contributed by atoms with van der Waals surface area (Å²) < 4.78 is 0. The summed E-state index contributed by atoms with van der Waals surface area (Å²) in [5, 5.41) is 0. The predicted octanol–water partition coefficient (Wildman–Crippen LogP) is 3.87. The van der Waals surface area contributed by atoms with Crippen LogP contribution in [0.15, 0.2) is 24.3 Å². The van der Waals surface area contributed by atoms with Crippen LogP contribution >= 0.6 is 0 Å². The minimum Gasteiger partial charge on any atom is -0.294 e. The van der Waals surface area contributed by atoms with Crippen LogP contribution in [0, 0.1) is 11.8 Å². The highest BCUT2D eigenvalue weighted by Gasteiger charge is 2.31. The van der Waals surface area contributed by atoms with E-state index in [9.17, 15) is 4.79 Å². The zero-order valence-corrected chi connectivity index (χ0v) is 10.2. The Morgan fingerprint density at radius 3 is 2.62 bits per heavy atom. The molecule has 0 fully saturated rings. The molecular weight excluding hydrogens is 196 g/mol. The molecule has 1 aliphatic rings. The molecule has 1 aliphatic carbocycles. The average Bonchev–Trinajstić information content (AvgIpc) is 2.34. The Morgan fingerprint density at radius 1 is 1.25 bits per heavy atom. The van der Waals surface area contributed by atoms with Crippen molar-refractivity contribution >= 4 is 5.78 Å². The van der Waals surface area contributed by atoms with Crippen LogP contribution in [-0.2, 0) is 6.42 Å². The van der Waals surface area contributed by atoms with Gasteiger partial charge in [0.25, 0.3) is 0 Å². The van der Waals surface area contributed by atoms with Crippen molar-refractivity contribution in [3.63, 3.8) is 0 Å². The van der Waals surface area contributed by atoms with E-state index in [2.05, 4.69) is 19.9 Å². The molecule has 0 aliphatic heterocycles. The standard InChI is InChI=1S/C15H20O/c1-3-11(4-2)14-10-9-12-7-5-6-8-13(12)15(14)16/h5-8,11,14H,3-4,9-10H2,1-2H3. The number of benzene rings is 1. The van der Waals surface area contributed by atoms with Gasteiger partial charge in [-0.3, -0.25) is 4.79 Å². The van der Waals surface area contributed by atoms with E-state index in [1.165, 1.54) is 5.56 Å². The Balaban J connectivity index is 2.27. The molecule has 1 aromatic carbocycles. The number of hydrogen-bond donors (Lipinski definition) is 0. The highest BCUT2D eigenvalue weighted by molar-refractivity contribution is 6.00. The maximum Gasteiger partial charge on any atom is 0.166 e. The molecule has 0 heterocycles. The first-order chi connectivity index (χ1) is 7.77. The van der Waals surface area contributed by atoms with Gasteiger partial charge in [0, 0.05) is 11.5 Å². The van der Waals surface area contributed by atoms with Crippen LogP contribution in [0.2, 0.25) is 0 Å². The van der Waals surface area contributed by atoms with Crippen LogP contribution in [0.4, 0.5) is 0 Å². The summed E-state index contributed by atoms with van der Waals surface area (Å²) in [6.45, 7) is 4.39. The van der Waals surface area contributed by atoms with Gasteiger partial charge in [0.05, 0.1) is 0 Å². The van der Waals surface area contributed by atoms with Gasteiger partial charge in [-0.05, 0) is 24.3 Å². The van der Waals surface area contributed by atoms with E-state index in [0.29, 0.717) is 11.7 Å². The van der Waals surface area contributed by atoms with E-state index < -0.39 is 0 Å². The number of ketones is 1. The summed E-state index contributed by atoms with van der Waals surface area (Å²) in [6, 6.07) is 8.10. The smallest absolute Gasteiger partial charge is 0.166 e. The van der Waals surface area contributed by atoms with Crippen molar-refractivity contribution in [3.05, 3.63) is 35.4 Å². The quantitative estimate of drug-likeness (QED) is 0.749. The number of aryl methyl sites for hydroxylation is 1. The number of carbonyl (C=O) groups is 1. The van der Waals surface area contributed by atoms with E-state index in [-0.39, 0.29) is 5.92 Å². The molecule has 16 heavy (non-hydrogen) atoms. The number of rotatable bonds is 3. The lowest BCUT2D eigenvalue weighted by molar-refractivity contribution is 0.0841. The second-order valence-electron chi connectivity index (χ2n) is 4.74. The lowest BCUT2D eigenvalue weighted by Gasteiger charge is -2.29. The fourth-order valence-corrected chi connectivity index (χ4v) is 2.93. The number of hydrogen-bond acceptors (Lipinski definition) is 1. The predicted molar refractivity (Wildman–Crippen MR) is 66.7 cm³/mol. The number of fused-ring (bicyclic) bond motifs is 1. The molecule has 1 nitrogen and oxygen atoms in total. The Morgan fingerprint density at radius 2 is 1.94 bits per heavy atom. The molecule has 0 amide bonds. The van der Waals surface area contributed by atoms with Gasteiger partial charge >= 0.3 is 0 Å². The van der Waals surface area contributed by atoms with Gasteiger partial charge in [-0.2, -0.15) is 0 Å². The summed E-state index contributed by atoms with van der Waals surface area (Å²) in [5.74, 6) is 1.22. The summed E-state index contributed by atoms with van der Waals surface area (Å²) in [5.41, 5.74) is 2.22. The van der Waals surface area contributed by atoms with Crippen LogP contribution < -0.4 is 0 Å². The van der Waals surface area contributed by atoms with Crippen molar-refractivity contribution in [2.45, 2.75) is 39.5 Å². The Bertz CT molecular complexity index is 377. The van der Waals surface area contributed by atoms with Crippen molar-refractivity contribution in [1.29, 1.82) is 0 Å². The lowest BCUT2D eigenvalue weighted by Crippen LogP contribution is -2.28. The Kier molecular flexibility index (Phi) is 3.42. The molecule has 2 rings (SSSR count). The first kappa shape index (κ1) is 11.4. The maximum atomic E-state index is 12.4. The molecule has 1 unspecified atom stereocenters. The topological polar surface area (TPSA) is 17.1 Å². The minimum absolute atomic E-state index is 0.268. The van der Waals surface area contributed by atoms with E-state index in [4.69, 9.17) is 0 Å². The van der Waals surface area contributed by atoms with Crippen molar-refractivity contribution in [3.8, 4) is 0 Å². The summed E-state index contributed by atoms with van der Waals surface area (Å²) >= 11 is 0. The largest absolute Gasteiger partial charge is 0.294 e. The van der Waals surface area contributed by atoms with Crippen LogP contribution in [-0.4, -0.2) is 5.78 Å². The molecule has 1 atom stereocenters. The molecule has 0 aromatic heterocycles. The van der Waals surface area contributed by atoms with Gasteiger partial charge in [0.2, 0.25) is 0 Å². The summed E-state index contributed by atoms with van der Waals surface area (Å²) in [7, 11) is 0. The molecule has 0 saturated heterocycles. The monoisotopic (exact) mass is 216 g/mol. The minimum atomic E-state index is 0.268. The van der Waals surface area contributed by atoms with Crippen LogP contribution in [0.1, 0.15) is 49.0 Å². The van der Waals surface area contributed by atoms with E-state index in [0.717, 1.165) is 31.2 Å². The average molecular weight is 216 g/mol. The van der Waals surface area contributed by atoms with Crippen LogP contribution in [0.5, 0.6) is 0 Å². The lowest BCUT2D eigenvalue weighted by atomic mass is 9.74. The molecular formula is C15H20O. The molecule has 86 valence electrons. The van der Waals surface area contributed by atoms with Crippen molar-refractivity contribution in [2.24, 2.45) is 11.8 Å². The molecule has 1 heteroatoms. The third-order valence-corrected chi connectivity index (χ3v) is 3.96. The van der Waals surface area contributed by atoms with Crippen LogP contribution in [0.25, 0.3) is 0 Å². The van der Waals surface area contributed by atoms with Crippen molar-refractivity contribution < 1.29 is 4.79 Å². The Hall–Kier alpha value is -1.11. The van der Waals surface area contributed by atoms with E-state index >= 15 is 0 Å². The zero-order chi connectivity index (χ0) is 11.5. The third kappa shape index (κ3) is 1.91. The number of Topliss-reactive ketones (excluding diaryl/α,β-unsaturated/α-hetero) is 1. The highest BCUT2D eigenvalue weighted by Crippen LogP contribution is 2.33. The zero-order valence-electron chi connectivity index (χ0n) is 10.2. The highest BCUT2D eigenvalue weighted by atomic mass is 16.1. The second kappa shape index (κ2) is 4.82. The normalized spacial score (nSPS) is 19.9. The SMILES string of the molecule is CCC(CC)C1CCc2ccccc2C1=O. The summed E-state index contributed by atoms with van der Waals surface area (Å²) in [6.07, 6.45) is 4.36. The molecule has 0 spiro atoms. The van der Waals surface area contributed by atoms with E-state index in [1.54, 1.807) is 0 Å². The van der Waals surface area contributed by atoms with Crippen molar-refractivity contribution in [2.75, 3.05) is 0 Å². The fraction of sp³-hybridized carbons (Fsp3) is 0.533. The van der Waals surface area contributed by atoms with Gasteiger partial charge in [-0.25, -0.2) is 0 Å². The van der Waals surface area contributed by atoms with Gasteiger partial charge in [-0.1, -0.05) is 51.0 Å². The maximum absolute atomic E-state index is 12.4. The third-order valence-electron chi connectivity index (χ3n) is 3.96. The molecule has 0 radical (unpaired) electrons. The van der Waals surface area contributed by atoms with Gasteiger partial charge in [0.1, 0.15) is 0 Å². The molecule has 0 N–H and O–H groups in total. The molecule has 0 saturated carbocycles. The van der Waals surface area contributed by atoms with E-state index in [1.807, 2.05) is 18.2 Å². The Labute approximate surface area is 97.9 Å². The van der Waals surface area contributed by atoms with Crippen molar-refractivity contribution in [1.82, 2.24) is 0 Å². The molecule has 0 bridgehead atoms. The van der Waals surface area contributed by atoms with Gasteiger partial charge in [-0.15, -0.1) is 0 Å². The second-order valence-corrected chi connectivity index (χ2v) is 4.74. The summed E-state index contributed by atoms with van der Waals surface area (Å²) in [4.78, 5) is 12.4. The van der Waals surface area contributed by atoms with Gasteiger partial charge < -0.3 is 0 Å². The first-order valence-electron chi connectivity index (χ1n) is 6.40. The number of carbonyl (C=O) groups excluding carboxylic acids is 1.